The maximum atomic E-state index is 13.4. The summed E-state index contributed by atoms with van der Waals surface area (Å²) >= 11 is 1.30. The molecule has 6 nitrogen and oxygen atoms in total. The minimum Gasteiger partial charge on any atom is -0.497 e. The van der Waals surface area contributed by atoms with Gasteiger partial charge in [-0.25, -0.2) is 0 Å². The molecule has 1 atom stereocenters. The molecule has 0 fully saturated rings. The lowest BCUT2D eigenvalue weighted by atomic mass is 9.69. The second-order valence-corrected chi connectivity index (χ2v) is 11.6. The topological polar surface area (TPSA) is 91.2 Å². The first-order chi connectivity index (χ1) is 17.5. The molecule has 1 heterocycles. The Labute approximate surface area is 223 Å². The number of dihydropyridines is 1. The van der Waals surface area contributed by atoms with Crippen molar-refractivity contribution in [3.05, 3.63) is 80.5 Å². The number of carbonyl (C=O) groups excluding carboxylic acids is 2. The highest BCUT2D eigenvalue weighted by Gasteiger charge is 2.42. The number of thioether (sulfide) groups is 1. The van der Waals surface area contributed by atoms with Gasteiger partial charge in [0.25, 0.3) is 0 Å². The van der Waals surface area contributed by atoms with Crippen molar-refractivity contribution in [3.63, 3.8) is 0 Å². The number of Topliss-reactive ketones (excluding diaryl/α,β-unsaturated/α-hetero) is 1. The summed E-state index contributed by atoms with van der Waals surface area (Å²) in [4.78, 5) is 26.3. The van der Waals surface area contributed by atoms with Crippen LogP contribution < -0.4 is 15.4 Å². The van der Waals surface area contributed by atoms with E-state index in [1.807, 2.05) is 57.2 Å². The second kappa shape index (κ2) is 10.5. The van der Waals surface area contributed by atoms with Crippen LogP contribution in [0.3, 0.4) is 0 Å². The van der Waals surface area contributed by atoms with Gasteiger partial charge in [0, 0.05) is 23.4 Å². The van der Waals surface area contributed by atoms with Crippen LogP contribution in [-0.2, 0) is 9.59 Å². The third kappa shape index (κ3) is 5.60. The molecule has 0 saturated heterocycles. The summed E-state index contributed by atoms with van der Waals surface area (Å²) in [6.07, 6.45) is 1.12. The van der Waals surface area contributed by atoms with Crippen LogP contribution in [0.1, 0.15) is 54.9 Å². The van der Waals surface area contributed by atoms with Gasteiger partial charge in [-0.05, 0) is 61.4 Å². The largest absolute Gasteiger partial charge is 0.497 e. The number of benzene rings is 2. The average Bonchev–Trinajstić information content (AvgIpc) is 2.83. The molecular formula is C30H33N3O3S. The SMILES string of the molecule is COc1ccc(C2C(C#N)=C(SCC(=O)Nc3c(C)cc(C)cc3C)NC3=C2C(=O)CC(C)(C)C3)cc1. The third-order valence-electron chi connectivity index (χ3n) is 6.86. The minimum absolute atomic E-state index is 0.0550. The van der Waals surface area contributed by atoms with E-state index in [0.29, 0.717) is 34.8 Å². The zero-order chi connectivity index (χ0) is 26.9. The van der Waals surface area contributed by atoms with Crippen molar-refractivity contribution in [1.29, 1.82) is 5.26 Å². The fourth-order valence-corrected chi connectivity index (χ4v) is 6.17. The summed E-state index contributed by atoms with van der Waals surface area (Å²) in [5.41, 5.74) is 6.62. The number of rotatable bonds is 6. The molecule has 1 unspecified atom stereocenters. The number of anilines is 1. The zero-order valence-electron chi connectivity index (χ0n) is 22.2. The van der Waals surface area contributed by atoms with E-state index in [-0.39, 0.29) is 22.9 Å². The molecule has 2 aromatic rings. The molecule has 2 aliphatic rings. The molecule has 192 valence electrons. The summed E-state index contributed by atoms with van der Waals surface area (Å²) < 4.78 is 5.31. The van der Waals surface area contributed by atoms with Crippen molar-refractivity contribution < 1.29 is 14.3 Å². The molecule has 2 aromatic carbocycles. The van der Waals surface area contributed by atoms with Crippen LogP contribution in [0.4, 0.5) is 5.69 Å². The van der Waals surface area contributed by atoms with Gasteiger partial charge in [-0.15, -0.1) is 0 Å². The Morgan fingerprint density at radius 3 is 2.41 bits per heavy atom. The van der Waals surface area contributed by atoms with Gasteiger partial charge in [0.1, 0.15) is 5.75 Å². The van der Waals surface area contributed by atoms with Crippen LogP contribution in [-0.4, -0.2) is 24.6 Å². The summed E-state index contributed by atoms with van der Waals surface area (Å²) in [5.74, 6) is 0.267. The lowest BCUT2D eigenvalue weighted by Crippen LogP contribution is -2.37. The third-order valence-corrected chi connectivity index (χ3v) is 7.88. The smallest absolute Gasteiger partial charge is 0.234 e. The molecule has 0 aromatic heterocycles. The van der Waals surface area contributed by atoms with Crippen molar-refractivity contribution in [2.24, 2.45) is 5.41 Å². The lowest BCUT2D eigenvalue weighted by molar-refractivity contribution is -0.118. The number of hydrogen-bond donors (Lipinski definition) is 2. The van der Waals surface area contributed by atoms with E-state index in [2.05, 4.69) is 30.6 Å². The predicted octanol–water partition coefficient (Wildman–Crippen LogP) is 6.06. The molecule has 4 rings (SSSR count). The molecule has 37 heavy (non-hydrogen) atoms. The van der Waals surface area contributed by atoms with Crippen LogP contribution >= 0.6 is 11.8 Å². The van der Waals surface area contributed by atoms with Gasteiger partial charge in [-0.1, -0.05) is 55.4 Å². The Morgan fingerprint density at radius 2 is 1.81 bits per heavy atom. The molecule has 7 heteroatoms. The van der Waals surface area contributed by atoms with Crippen LogP contribution in [0, 0.1) is 37.5 Å². The standard InChI is InChI=1S/C30H33N3O3S/c1-17-11-18(2)28(19(3)12-17)33-25(35)16-37-29-22(15-31)26(20-7-9-21(36-6)10-8-20)27-23(32-29)13-30(4,5)14-24(27)34/h7-12,26,32H,13-14,16H2,1-6H3,(H,33,35). The number of ketones is 1. The number of aryl methyl sites for hydroxylation is 3. The molecule has 0 saturated carbocycles. The quantitative estimate of drug-likeness (QED) is 0.486. The van der Waals surface area contributed by atoms with Gasteiger partial charge in [0.05, 0.1) is 35.5 Å². The van der Waals surface area contributed by atoms with Crippen molar-refractivity contribution in [2.45, 2.75) is 53.4 Å². The minimum atomic E-state index is -0.483. The molecule has 1 aliphatic heterocycles. The van der Waals surface area contributed by atoms with E-state index in [9.17, 15) is 14.9 Å². The number of hydrogen-bond acceptors (Lipinski definition) is 6. The molecule has 1 aliphatic carbocycles. The fraction of sp³-hybridized carbons (Fsp3) is 0.367. The highest BCUT2D eigenvalue weighted by molar-refractivity contribution is 8.03. The monoisotopic (exact) mass is 515 g/mol. The predicted molar refractivity (Wildman–Crippen MR) is 148 cm³/mol. The Morgan fingerprint density at radius 1 is 1.16 bits per heavy atom. The molecule has 2 N–H and O–H groups in total. The maximum Gasteiger partial charge on any atom is 0.234 e. The van der Waals surface area contributed by atoms with Crippen LogP contribution in [0.5, 0.6) is 5.75 Å². The van der Waals surface area contributed by atoms with E-state index in [4.69, 9.17) is 4.74 Å². The van der Waals surface area contributed by atoms with Crippen molar-refractivity contribution in [3.8, 4) is 11.8 Å². The van der Waals surface area contributed by atoms with Crippen LogP contribution in [0.25, 0.3) is 0 Å². The first-order valence-electron chi connectivity index (χ1n) is 12.3. The Hall–Kier alpha value is -3.50. The number of nitriles is 1. The lowest BCUT2D eigenvalue weighted by Gasteiger charge is -2.39. The van der Waals surface area contributed by atoms with E-state index in [1.165, 1.54) is 11.8 Å². The van der Waals surface area contributed by atoms with Crippen molar-refractivity contribution in [2.75, 3.05) is 18.2 Å². The van der Waals surface area contributed by atoms with Gasteiger partial charge >= 0.3 is 0 Å². The Kier molecular flexibility index (Phi) is 7.52. The second-order valence-electron chi connectivity index (χ2n) is 10.6. The molecular weight excluding hydrogens is 482 g/mol. The van der Waals surface area contributed by atoms with Crippen molar-refractivity contribution in [1.82, 2.24) is 5.32 Å². The number of allylic oxidation sites excluding steroid dienone is 3. The van der Waals surface area contributed by atoms with E-state index >= 15 is 0 Å². The number of nitrogens with one attached hydrogen (secondary N) is 2. The zero-order valence-corrected chi connectivity index (χ0v) is 23.1. The summed E-state index contributed by atoms with van der Waals surface area (Å²) in [5, 5.41) is 17.3. The molecule has 0 radical (unpaired) electrons. The average molecular weight is 516 g/mol. The highest BCUT2D eigenvalue weighted by atomic mass is 32.2. The van der Waals surface area contributed by atoms with Gasteiger partial charge < -0.3 is 15.4 Å². The fourth-order valence-electron chi connectivity index (χ4n) is 5.31. The first kappa shape index (κ1) is 26.6. The summed E-state index contributed by atoms with van der Waals surface area (Å²) in [6, 6.07) is 13.9. The van der Waals surface area contributed by atoms with Gasteiger partial charge in [-0.3, -0.25) is 9.59 Å². The highest BCUT2D eigenvalue weighted by Crippen LogP contribution is 2.48. The number of ether oxygens (including phenoxy) is 1. The summed E-state index contributed by atoms with van der Waals surface area (Å²) in [7, 11) is 1.60. The van der Waals surface area contributed by atoms with E-state index in [1.54, 1.807) is 7.11 Å². The molecule has 1 amide bonds. The van der Waals surface area contributed by atoms with Gasteiger partial charge in [0.15, 0.2) is 5.78 Å². The Balaban J connectivity index is 1.65. The first-order valence-corrected chi connectivity index (χ1v) is 13.3. The number of amides is 1. The Bertz CT molecular complexity index is 1340. The van der Waals surface area contributed by atoms with E-state index < -0.39 is 5.92 Å². The van der Waals surface area contributed by atoms with Crippen LogP contribution in [0.15, 0.2) is 58.3 Å². The van der Waals surface area contributed by atoms with Crippen LogP contribution in [0.2, 0.25) is 0 Å². The van der Waals surface area contributed by atoms with Gasteiger partial charge in [0.2, 0.25) is 5.91 Å². The number of methoxy groups -OCH3 is 1. The maximum absolute atomic E-state index is 13.4. The number of carbonyl (C=O) groups is 2. The normalized spacial score (nSPS) is 18.6. The van der Waals surface area contributed by atoms with Gasteiger partial charge in [-0.2, -0.15) is 5.26 Å². The summed E-state index contributed by atoms with van der Waals surface area (Å²) in [6.45, 7) is 10.2. The number of nitrogens with zero attached hydrogens (tertiary/aromatic N) is 1. The van der Waals surface area contributed by atoms with E-state index in [0.717, 1.165) is 33.6 Å². The molecule has 0 spiro atoms. The van der Waals surface area contributed by atoms with Crippen molar-refractivity contribution >= 4 is 29.1 Å². The molecule has 0 bridgehead atoms.